The molecule has 0 bridgehead atoms. The number of thiophene rings is 1. The van der Waals surface area contributed by atoms with E-state index in [1.807, 2.05) is 47.8 Å². The van der Waals surface area contributed by atoms with Crippen molar-refractivity contribution < 1.29 is 4.79 Å². The molecule has 0 aliphatic heterocycles. The van der Waals surface area contributed by atoms with Crippen molar-refractivity contribution in [3.63, 3.8) is 0 Å². The second-order valence-corrected chi connectivity index (χ2v) is 6.09. The quantitative estimate of drug-likeness (QED) is 0.863. The fourth-order valence-electron chi connectivity index (χ4n) is 1.90. The van der Waals surface area contributed by atoms with Gasteiger partial charge in [0, 0.05) is 11.4 Å². The third-order valence-electron chi connectivity index (χ3n) is 2.91. The molecular weight excluding hydrogens is 268 g/mol. The lowest BCUT2D eigenvalue weighted by Gasteiger charge is -2.19. The number of urea groups is 1. The van der Waals surface area contributed by atoms with E-state index in [2.05, 4.69) is 24.5 Å². The molecule has 1 aromatic heterocycles. The second kappa shape index (κ2) is 7.10. The Labute approximate surface area is 124 Å². The molecule has 0 saturated heterocycles. The van der Waals surface area contributed by atoms with Crippen LogP contribution in [-0.2, 0) is 0 Å². The van der Waals surface area contributed by atoms with E-state index >= 15 is 0 Å². The molecule has 2 aromatic rings. The van der Waals surface area contributed by atoms with E-state index in [1.165, 1.54) is 0 Å². The van der Waals surface area contributed by atoms with Crippen molar-refractivity contribution in [2.75, 3.05) is 6.54 Å². The molecule has 20 heavy (non-hydrogen) atoms. The molecule has 1 atom stereocenters. The number of carbonyl (C=O) groups is 1. The van der Waals surface area contributed by atoms with Crippen LogP contribution in [0, 0.1) is 5.92 Å². The molecule has 2 N–H and O–H groups in total. The minimum absolute atomic E-state index is 0.0941. The molecule has 106 valence electrons. The van der Waals surface area contributed by atoms with Crippen LogP contribution < -0.4 is 10.6 Å². The van der Waals surface area contributed by atoms with Crippen molar-refractivity contribution in [1.82, 2.24) is 10.6 Å². The first-order chi connectivity index (χ1) is 9.66. The van der Waals surface area contributed by atoms with Crippen LogP contribution in [0.25, 0.3) is 0 Å². The fourth-order valence-corrected chi connectivity index (χ4v) is 2.70. The number of rotatable bonds is 5. The van der Waals surface area contributed by atoms with Gasteiger partial charge in [-0.3, -0.25) is 0 Å². The lowest BCUT2D eigenvalue weighted by Crippen LogP contribution is -2.39. The topological polar surface area (TPSA) is 41.1 Å². The zero-order valence-corrected chi connectivity index (χ0v) is 12.6. The molecule has 1 unspecified atom stereocenters. The number of hydrogen-bond acceptors (Lipinski definition) is 2. The average molecular weight is 288 g/mol. The van der Waals surface area contributed by atoms with Crippen LogP contribution in [0.15, 0.2) is 47.8 Å². The Balaban J connectivity index is 2.10. The van der Waals surface area contributed by atoms with Gasteiger partial charge in [-0.25, -0.2) is 4.79 Å². The minimum Gasteiger partial charge on any atom is -0.338 e. The Morgan fingerprint density at radius 1 is 1.15 bits per heavy atom. The third-order valence-corrected chi connectivity index (χ3v) is 3.84. The summed E-state index contributed by atoms with van der Waals surface area (Å²) in [7, 11) is 0. The predicted molar refractivity (Wildman–Crippen MR) is 84.0 cm³/mol. The van der Waals surface area contributed by atoms with Crippen molar-refractivity contribution >= 4 is 17.4 Å². The number of benzene rings is 1. The maximum absolute atomic E-state index is 12.0. The van der Waals surface area contributed by atoms with E-state index in [1.54, 1.807) is 11.3 Å². The summed E-state index contributed by atoms with van der Waals surface area (Å²) in [6, 6.07) is 13.9. The molecule has 2 rings (SSSR count). The molecule has 0 radical (unpaired) electrons. The Morgan fingerprint density at radius 3 is 2.50 bits per heavy atom. The van der Waals surface area contributed by atoms with Crippen molar-refractivity contribution in [1.29, 1.82) is 0 Å². The van der Waals surface area contributed by atoms with Gasteiger partial charge in [-0.2, -0.15) is 0 Å². The number of carbonyl (C=O) groups excluding carboxylic acids is 1. The van der Waals surface area contributed by atoms with Crippen molar-refractivity contribution in [2.45, 2.75) is 19.9 Å². The van der Waals surface area contributed by atoms with Crippen LogP contribution in [0.1, 0.15) is 30.3 Å². The molecule has 4 heteroatoms. The van der Waals surface area contributed by atoms with Gasteiger partial charge >= 0.3 is 6.03 Å². The lowest BCUT2D eigenvalue weighted by molar-refractivity contribution is 0.237. The summed E-state index contributed by atoms with van der Waals surface area (Å²) in [4.78, 5) is 13.1. The SMILES string of the molecule is CC(C)CNC(=O)NC(c1ccccc1)c1cccs1. The first-order valence-corrected chi connectivity index (χ1v) is 7.67. The van der Waals surface area contributed by atoms with Crippen molar-refractivity contribution in [3.05, 3.63) is 58.3 Å². The summed E-state index contributed by atoms with van der Waals surface area (Å²) in [6.07, 6.45) is 0. The summed E-state index contributed by atoms with van der Waals surface area (Å²) in [5.41, 5.74) is 1.09. The largest absolute Gasteiger partial charge is 0.338 e. The summed E-state index contributed by atoms with van der Waals surface area (Å²) in [5.74, 6) is 0.442. The summed E-state index contributed by atoms with van der Waals surface area (Å²) in [6.45, 7) is 4.83. The summed E-state index contributed by atoms with van der Waals surface area (Å²) >= 11 is 1.65. The molecule has 1 heterocycles. The Morgan fingerprint density at radius 2 is 1.90 bits per heavy atom. The maximum Gasteiger partial charge on any atom is 0.315 e. The first-order valence-electron chi connectivity index (χ1n) is 6.79. The smallest absolute Gasteiger partial charge is 0.315 e. The number of hydrogen-bond donors (Lipinski definition) is 2. The van der Waals surface area contributed by atoms with E-state index in [4.69, 9.17) is 0 Å². The molecule has 0 spiro atoms. The molecule has 1 aromatic carbocycles. The molecular formula is C16H20N2OS. The van der Waals surface area contributed by atoms with E-state index in [0.29, 0.717) is 12.5 Å². The average Bonchev–Trinajstić information content (AvgIpc) is 2.97. The van der Waals surface area contributed by atoms with Gasteiger partial charge in [0.2, 0.25) is 0 Å². The van der Waals surface area contributed by atoms with Crippen LogP contribution in [0.5, 0.6) is 0 Å². The van der Waals surface area contributed by atoms with Crippen LogP contribution in [0.3, 0.4) is 0 Å². The molecule has 0 fully saturated rings. The summed E-state index contributed by atoms with van der Waals surface area (Å²) in [5, 5.41) is 7.98. The van der Waals surface area contributed by atoms with Gasteiger partial charge < -0.3 is 10.6 Å². The third kappa shape index (κ3) is 4.10. The van der Waals surface area contributed by atoms with E-state index in [9.17, 15) is 4.79 Å². The van der Waals surface area contributed by atoms with E-state index in [0.717, 1.165) is 10.4 Å². The Hall–Kier alpha value is -1.81. The normalized spacial score (nSPS) is 12.2. The zero-order valence-electron chi connectivity index (χ0n) is 11.8. The van der Waals surface area contributed by atoms with Crippen LogP contribution in [-0.4, -0.2) is 12.6 Å². The van der Waals surface area contributed by atoms with Gasteiger partial charge in [-0.05, 0) is 22.9 Å². The molecule has 3 nitrogen and oxygen atoms in total. The Kier molecular flexibility index (Phi) is 5.18. The standard InChI is InChI=1S/C16H20N2OS/c1-12(2)11-17-16(19)18-15(14-9-6-10-20-14)13-7-4-3-5-8-13/h3-10,12,15H,11H2,1-2H3,(H2,17,18,19). The van der Waals surface area contributed by atoms with E-state index in [-0.39, 0.29) is 12.1 Å². The highest BCUT2D eigenvalue weighted by atomic mass is 32.1. The predicted octanol–water partition coefficient (Wildman–Crippen LogP) is 3.79. The monoisotopic (exact) mass is 288 g/mol. The number of amides is 2. The molecule has 0 saturated carbocycles. The highest BCUT2D eigenvalue weighted by molar-refractivity contribution is 7.10. The lowest BCUT2D eigenvalue weighted by atomic mass is 10.1. The zero-order chi connectivity index (χ0) is 14.4. The van der Waals surface area contributed by atoms with Crippen LogP contribution >= 0.6 is 11.3 Å². The summed E-state index contributed by atoms with van der Waals surface area (Å²) < 4.78 is 0. The maximum atomic E-state index is 12.0. The van der Waals surface area contributed by atoms with Crippen molar-refractivity contribution in [2.24, 2.45) is 5.92 Å². The van der Waals surface area contributed by atoms with Gasteiger partial charge in [-0.15, -0.1) is 11.3 Å². The van der Waals surface area contributed by atoms with Gasteiger partial charge in [0.25, 0.3) is 0 Å². The van der Waals surface area contributed by atoms with Crippen LogP contribution in [0.4, 0.5) is 4.79 Å². The highest BCUT2D eigenvalue weighted by Gasteiger charge is 2.17. The molecule has 2 amide bonds. The van der Waals surface area contributed by atoms with Gasteiger partial charge in [0.15, 0.2) is 0 Å². The van der Waals surface area contributed by atoms with Gasteiger partial charge in [-0.1, -0.05) is 50.2 Å². The first kappa shape index (κ1) is 14.6. The molecule has 0 aliphatic carbocycles. The second-order valence-electron chi connectivity index (χ2n) is 5.11. The van der Waals surface area contributed by atoms with Crippen molar-refractivity contribution in [3.8, 4) is 0 Å². The fraction of sp³-hybridized carbons (Fsp3) is 0.312. The van der Waals surface area contributed by atoms with Crippen LogP contribution in [0.2, 0.25) is 0 Å². The van der Waals surface area contributed by atoms with Gasteiger partial charge in [0.05, 0.1) is 6.04 Å². The van der Waals surface area contributed by atoms with Gasteiger partial charge in [0.1, 0.15) is 0 Å². The number of nitrogens with one attached hydrogen (secondary N) is 2. The van der Waals surface area contributed by atoms with E-state index < -0.39 is 0 Å². The Bertz CT molecular complexity index is 523. The minimum atomic E-state index is -0.124. The highest BCUT2D eigenvalue weighted by Crippen LogP contribution is 2.25. The molecule has 0 aliphatic rings.